The summed E-state index contributed by atoms with van der Waals surface area (Å²) < 4.78 is 0. The van der Waals surface area contributed by atoms with Gasteiger partial charge in [-0.15, -0.1) is 0 Å². The highest BCUT2D eigenvalue weighted by atomic mass is 35.5. The number of amides is 2. The van der Waals surface area contributed by atoms with Crippen molar-refractivity contribution >= 4 is 35.0 Å². The molecule has 0 spiro atoms. The van der Waals surface area contributed by atoms with E-state index in [4.69, 9.17) is 23.2 Å². The molecule has 1 atom stereocenters. The Kier molecular flexibility index (Phi) is 10.2. The third-order valence-electron chi connectivity index (χ3n) is 6.11. The summed E-state index contributed by atoms with van der Waals surface area (Å²) >= 11 is 12.9. The summed E-state index contributed by atoms with van der Waals surface area (Å²) in [5.41, 5.74) is 2.74. The average molecular weight is 511 g/mol. The molecule has 0 aliphatic carbocycles. The highest BCUT2D eigenvalue weighted by Crippen LogP contribution is 2.31. The molecule has 0 heterocycles. The Bertz CT molecular complexity index is 1050. The Balaban J connectivity index is 1.98. The summed E-state index contributed by atoms with van der Waals surface area (Å²) in [6.45, 7) is 4.63. The standard InChI is InChI=1S/C29H32Cl2N2O2/c1-3-18-32-29(35)27(4-2)33(20-24-25(30)16-11-17-26(24)31)28(34)19-23(21-12-7-5-8-13-21)22-14-9-6-10-15-22/h5-17,23,27H,3-4,18-20H2,1-2H3,(H,32,35)/t27-/m0/s1. The Labute approximate surface area is 218 Å². The lowest BCUT2D eigenvalue weighted by atomic mass is 9.88. The molecule has 0 fully saturated rings. The predicted octanol–water partition coefficient (Wildman–Crippen LogP) is 6.85. The SMILES string of the molecule is CCCNC(=O)[C@H](CC)N(Cc1c(Cl)cccc1Cl)C(=O)CC(c1ccccc1)c1ccccc1. The lowest BCUT2D eigenvalue weighted by molar-refractivity contribution is -0.141. The van der Waals surface area contributed by atoms with E-state index in [2.05, 4.69) is 5.32 Å². The molecule has 0 unspecified atom stereocenters. The summed E-state index contributed by atoms with van der Waals surface area (Å²) in [6, 6.07) is 24.6. The van der Waals surface area contributed by atoms with Crippen molar-refractivity contribution in [3.63, 3.8) is 0 Å². The highest BCUT2D eigenvalue weighted by Gasteiger charge is 2.31. The van der Waals surface area contributed by atoms with Crippen LogP contribution in [-0.4, -0.2) is 29.3 Å². The van der Waals surface area contributed by atoms with Gasteiger partial charge < -0.3 is 10.2 Å². The molecule has 2 amide bonds. The Morgan fingerprint density at radius 3 is 1.86 bits per heavy atom. The molecule has 35 heavy (non-hydrogen) atoms. The molecule has 184 valence electrons. The van der Waals surface area contributed by atoms with E-state index in [1.165, 1.54) is 0 Å². The third kappa shape index (κ3) is 7.09. The molecular formula is C29H32Cl2N2O2. The van der Waals surface area contributed by atoms with Crippen molar-refractivity contribution in [1.82, 2.24) is 10.2 Å². The maximum Gasteiger partial charge on any atom is 0.242 e. The number of benzene rings is 3. The zero-order valence-electron chi connectivity index (χ0n) is 20.2. The van der Waals surface area contributed by atoms with Crippen molar-refractivity contribution in [2.24, 2.45) is 0 Å². The smallest absolute Gasteiger partial charge is 0.242 e. The van der Waals surface area contributed by atoms with Crippen LogP contribution in [0.4, 0.5) is 0 Å². The van der Waals surface area contributed by atoms with Crippen molar-refractivity contribution in [1.29, 1.82) is 0 Å². The van der Waals surface area contributed by atoms with E-state index in [0.717, 1.165) is 17.5 Å². The van der Waals surface area contributed by atoms with Gasteiger partial charge in [0.2, 0.25) is 11.8 Å². The normalized spacial score (nSPS) is 11.8. The monoisotopic (exact) mass is 510 g/mol. The topological polar surface area (TPSA) is 49.4 Å². The van der Waals surface area contributed by atoms with Gasteiger partial charge in [-0.3, -0.25) is 9.59 Å². The van der Waals surface area contributed by atoms with Crippen LogP contribution in [0.5, 0.6) is 0 Å². The molecule has 0 aromatic heterocycles. The minimum absolute atomic E-state index is 0.128. The Hall–Kier alpha value is -2.82. The van der Waals surface area contributed by atoms with Crippen molar-refractivity contribution in [2.45, 2.75) is 51.6 Å². The lowest BCUT2D eigenvalue weighted by Gasteiger charge is -2.32. The second-order valence-corrected chi connectivity index (χ2v) is 9.33. The first-order valence-electron chi connectivity index (χ1n) is 12.1. The average Bonchev–Trinajstić information content (AvgIpc) is 2.88. The van der Waals surface area contributed by atoms with E-state index in [-0.39, 0.29) is 30.7 Å². The minimum atomic E-state index is -0.631. The van der Waals surface area contributed by atoms with Crippen molar-refractivity contribution in [2.75, 3.05) is 6.54 Å². The molecule has 0 saturated heterocycles. The zero-order valence-corrected chi connectivity index (χ0v) is 21.7. The van der Waals surface area contributed by atoms with Crippen LogP contribution in [-0.2, 0) is 16.1 Å². The number of carbonyl (C=O) groups excluding carboxylic acids is 2. The molecule has 0 saturated carbocycles. The summed E-state index contributed by atoms with van der Waals surface area (Å²) in [4.78, 5) is 28.7. The molecule has 4 nitrogen and oxygen atoms in total. The van der Waals surface area contributed by atoms with E-state index in [1.54, 1.807) is 23.1 Å². The third-order valence-corrected chi connectivity index (χ3v) is 6.82. The fraction of sp³-hybridized carbons (Fsp3) is 0.310. The quantitative estimate of drug-likeness (QED) is 0.306. The van der Waals surface area contributed by atoms with Crippen LogP contribution in [0.3, 0.4) is 0 Å². The summed E-state index contributed by atoms with van der Waals surface area (Å²) in [5, 5.41) is 3.90. The molecule has 0 aliphatic heterocycles. The largest absolute Gasteiger partial charge is 0.354 e. The van der Waals surface area contributed by atoms with Crippen LogP contribution in [0.25, 0.3) is 0 Å². The number of hydrogen-bond donors (Lipinski definition) is 1. The van der Waals surface area contributed by atoms with Crippen LogP contribution in [0.15, 0.2) is 78.9 Å². The second kappa shape index (κ2) is 13.3. The molecule has 3 aromatic carbocycles. The first-order valence-corrected chi connectivity index (χ1v) is 12.8. The van der Waals surface area contributed by atoms with Gasteiger partial charge in [0.15, 0.2) is 0 Å². The van der Waals surface area contributed by atoms with E-state index in [0.29, 0.717) is 28.6 Å². The number of carbonyl (C=O) groups is 2. The van der Waals surface area contributed by atoms with Gasteiger partial charge in [-0.25, -0.2) is 0 Å². The zero-order chi connectivity index (χ0) is 25.2. The van der Waals surface area contributed by atoms with Gasteiger partial charge in [0, 0.05) is 41.0 Å². The Morgan fingerprint density at radius 2 is 1.37 bits per heavy atom. The molecule has 6 heteroatoms. The van der Waals surface area contributed by atoms with E-state index in [1.807, 2.05) is 74.5 Å². The van der Waals surface area contributed by atoms with Crippen LogP contribution in [0.2, 0.25) is 10.0 Å². The van der Waals surface area contributed by atoms with Crippen molar-refractivity contribution in [3.05, 3.63) is 106 Å². The van der Waals surface area contributed by atoms with E-state index < -0.39 is 6.04 Å². The summed E-state index contributed by atoms with van der Waals surface area (Å²) in [7, 11) is 0. The van der Waals surface area contributed by atoms with Crippen LogP contribution in [0.1, 0.15) is 55.7 Å². The first-order chi connectivity index (χ1) is 17.0. The maximum atomic E-state index is 14.0. The van der Waals surface area contributed by atoms with Gasteiger partial charge in [0.25, 0.3) is 0 Å². The van der Waals surface area contributed by atoms with Gasteiger partial charge in [-0.1, -0.05) is 104 Å². The molecule has 0 radical (unpaired) electrons. The van der Waals surface area contributed by atoms with Gasteiger partial charge >= 0.3 is 0 Å². The lowest BCUT2D eigenvalue weighted by Crippen LogP contribution is -2.49. The van der Waals surface area contributed by atoms with Gasteiger partial charge in [-0.05, 0) is 36.1 Å². The van der Waals surface area contributed by atoms with Crippen molar-refractivity contribution < 1.29 is 9.59 Å². The predicted molar refractivity (Wildman–Crippen MR) is 144 cm³/mol. The number of rotatable bonds is 11. The molecule has 3 rings (SSSR count). The molecule has 3 aromatic rings. The second-order valence-electron chi connectivity index (χ2n) is 8.52. The van der Waals surface area contributed by atoms with E-state index in [9.17, 15) is 9.59 Å². The molecule has 0 aliphatic rings. The maximum absolute atomic E-state index is 14.0. The van der Waals surface area contributed by atoms with E-state index >= 15 is 0 Å². The number of nitrogens with one attached hydrogen (secondary N) is 1. The highest BCUT2D eigenvalue weighted by molar-refractivity contribution is 6.36. The van der Waals surface area contributed by atoms with Crippen molar-refractivity contribution in [3.8, 4) is 0 Å². The summed E-state index contributed by atoms with van der Waals surface area (Å²) in [6.07, 6.45) is 1.51. The summed E-state index contributed by atoms with van der Waals surface area (Å²) in [5.74, 6) is -0.440. The Morgan fingerprint density at radius 1 is 0.829 bits per heavy atom. The first kappa shape index (κ1) is 26.8. The van der Waals surface area contributed by atoms with Crippen LogP contribution < -0.4 is 5.32 Å². The minimum Gasteiger partial charge on any atom is -0.354 e. The fourth-order valence-electron chi connectivity index (χ4n) is 4.23. The fourth-order valence-corrected chi connectivity index (χ4v) is 4.75. The number of nitrogens with zero attached hydrogens (tertiary/aromatic N) is 1. The van der Waals surface area contributed by atoms with Crippen LogP contribution in [0, 0.1) is 0 Å². The van der Waals surface area contributed by atoms with Gasteiger partial charge in [0.1, 0.15) is 6.04 Å². The molecular weight excluding hydrogens is 479 g/mol. The molecule has 0 bridgehead atoms. The van der Waals surface area contributed by atoms with Crippen LogP contribution >= 0.6 is 23.2 Å². The van der Waals surface area contributed by atoms with Gasteiger partial charge in [-0.2, -0.15) is 0 Å². The number of hydrogen-bond acceptors (Lipinski definition) is 2. The number of halogens is 2. The molecule has 1 N–H and O–H groups in total. The van der Waals surface area contributed by atoms with Gasteiger partial charge in [0.05, 0.1) is 0 Å².